The quantitative estimate of drug-likeness (QED) is 0.377. The third-order valence-electron chi connectivity index (χ3n) is 7.36. The van der Waals surface area contributed by atoms with E-state index in [1.165, 1.54) is 19.5 Å². The van der Waals surface area contributed by atoms with E-state index in [1.54, 1.807) is 42.6 Å². The first-order valence-electron chi connectivity index (χ1n) is 12.3. The van der Waals surface area contributed by atoms with Gasteiger partial charge in [0, 0.05) is 23.9 Å². The molecule has 192 valence electrons. The first-order chi connectivity index (χ1) is 18.5. The van der Waals surface area contributed by atoms with Gasteiger partial charge in [-0.05, 0) is 55.2 Å². The fourth-order valence-electron chi connectivity index (χ4n) is 5.69. The first-order valence-corrected chi connectivity index (χ1v) is 12.3. The second-order valence-corrected chi connectivity index (χ2v) is 9.50. The molecule has 2 bridgehead atoms. The highest BCUT2D eigenvalue weighted by Gasteiger charge is 2.48. The van der Waals surface area contributed by atoms with Gasteiger partial charge in [0.2, 0.25) is 5.91 Å². The van der Waals surface area contributed by atoms with Crippen LogP contribution in [0.1, 0.15) is 29.2 Å². The molecule has 11 heteroatoms. The number of nitrogens with two attached hydrogens (primary N) is 1. The number of rotatable bonds is 6. The van der Waals surface area contributed by atoms with Crippen molar-refractivity contribution in [2.45, 2.75) is 24.9 Å². The molecule has 1 aliphatic heterocycles. The summed E-state index contributed by atoms with van der Waals surface area (Å²) in [6, 6.07) is 10.4. The third-order valence-corrected chi connectivity index (χ3v) is 7.36. The number of carbonyl (C=O) groups excluding carboxylic acids is 2. The van der Waals surface area contributed by atoms with Gasteiger partial charge in [0.05, 0.1) is 24.6 Å². The van der Waals surface area contributed by atoms with Gasteiger partial charge in [-0.3, -0.25) is 9.59 Å². The minimum atomic E-state index is -0.319. The van der Waals surface area contributed by atoms with E-state index >= 15 is 0 Å². The van der Waals surface area contributed by atoms with E-state index in [4.69, 9.17) is 15.6 Å². The molecule has 11 nitrogen and oxygen atoms in total. The standard InChI is InChI=1S/C27H26N8O3/c1-3-22(36)34-13-15-10-18(34)19(11-15)35-26-23(25(28)30-14-31-26)24(33-35)17-8-7-16(12-20(17)38-2)27(37)32-21-6-4-5-9-29-21/h3-9,12,14-15,18-19H,1,10-11,13H2,2H3,(H2,28,30,31)(H,29,32,37)/t15-,18+,19+/m1/s1. The molecule has 1 saturated carbocycles. The van der Waals surface area contributed by atoms with Crippen LogP contribution in [0.15, 0.2) is 61.6 Å². The number of benzene rings is 1. The number of methoxy groups -OCH3 is 1. The van der Waals surface area contributed by atoms with Crippen LogP contribution in [0.25, 0.3) is 22.3 Å². The van der Waals surface area contributed by atoms with Gasteiger partial charge in [-0.25, -0.2) is 19.6 Å². The molecule has 0 unspecified atom stereocenters. The topological polar surface area (TPSA) is 141 Å². The molecule has 6 rings (SSSR count). The highest BCUT2D eigenvalue weighted by atomic mass is 16.5. The molecular weight excluding hydrogens is 484 g/mol. The highest BCUT2D eigenvalue weighted by molar-refractivity contribution is 6.05. The van der Waals surface area contributed by atoms with Gasteiger partial charge in [-0.1, -0.05) is 12.6 Å². The van der Waals surface area contributed by atoms with Gasteiger partial charge in [-0.2, -0.15) is 5.10 Å². The van der Waals surface area contributed by atoms with E-state index in [9.17, 15) is 9.59 Å². The number of nitrogens with zero attached hydrogens (tertiary/aromatic N) is 6. The summed E-state index contributed by atoms with van der Waals surface area (Å²) >= 11 is 0. The molecule has 0 spiro atoms. The van der Waals surface area contributed by atoms with Crippen molar-refractivity contribution >= 4 is 34.5 Å². The average molecular weight is 511 g/mol. The molecule has 4 heterocycles. The maximum atomic E-state index is 12.9. The number of ether oxygens (including phenoxy) is 1. The van der Waals surface area contributed by atoms with E-state index in [0.717, 1.165) is 19.4 Å². The lowest BCUT2D eigenvalue weighted by Crippen LogP contribution is -2.42. The van der Waals surface area contributed by atoms with Gasteiger partial charge in [-0.15, -0.1) is 0 Å². The maximum absolute atomic E-state index is 12.9. The summed E-state index contributed by atoms with van der Waals surface area (Å²) in [5.41, 5.74) is 8.53. The van der Waals surface area contributed by atoms with Crippen LogP contribution in [0.4, 0.5) is 11.6 Å². The largest absolute Gasteiger partial charge is 0.496 e. The van der Waals surface area contributed by atoms with Crippen molar-refractivity contribution in [1.82, 2.24) is 29.6 Å². The van der Waals surface area contributed by atoms with Crippen LogP contribution in [0.3, 0.4) is 0 Å². The zero-order valence-corrected chi connectivity index (χ0v) is 20.7. The van der Waals surface area contributed by atoms with Crippen molar-refractivity contribution in [3.63, 3.8) is 0 Å². The monoisotopic (exact) mass is 510 g/mol. The molecule has 3 N–H and O–H groups in total. The number of piperidine rings is 1. The van der Waals surface area contributed by atoms with Gasteiger partial charge in [0.15, 0.2) is 5.65 Å². The Bertz CT molecular complexity index is 1570. The SMILES string of the molecule is C=CC(=O)N1C[C@@H]2C[C@H]1[C@@H](n1nc(-c3ccc(C(=O)Nc4ccccn4)cc3OC)c3c(N)ncnc31)C2. The zero-order chi connectivity index (χ0) is 26.4. The molecular formula is C27H26N8O3. The fraction of sp³-hybridized carbons (Fsp3) is 0.259. The number of fused-ring (bicyclic) bond motifs is 3. The average Bonchev–Trinajstić information content (AvgIpc) is 3.66. The molecule has 4 aromatic rings. The summed E-state index contributed by atoms with van der Waals surface area (Å²) < 4.78 is 7.56. The van der Waals surface area contributed by atoms with E-state index < -0.39 is 0 Å². The lowest BCUT2D eigenvalue weighted by Gasteiger charge is -2.32. The number of anilines is 2. The van der Waals surface area contributed by atoms with Gasteiger partial charge < -0.3 is 20.7 Å². The molecule has 1 aliphatic carbocycles. The van der Waals surface area contributed by atoms with Crippen molar-refractivity contribution in [1.29, 1.82) is 0 Å². The van der Waals surface area contributed by atoms with E-state index in [-0.39, 0.29) is 29.7 Å². The Morgan fingerprint density at radius 1 is 1.16 bits per heavy atom. The number of pyridine rings is 1. The van der Waals surface area contributed by atoms with Crippen LogP contribution in [-0.4, -0.2) is 61.1 Å². The van der Waals surface area contributed by atoms with E-state index in [0.29, 0.717) is 45.3 Å². The number of aromatic nitrogens is 5. The summed E-state index contributed by atoms with van der Waals surface area (Å²) in [6.45, 7) is 4.38. The summed E-state index contributed by atoms with van der Waals surface area (Å²) in [6.07, 6.45) is 6.18. The molecule has 2 amide bonds. The minimum Gasteiger partial charge on any atom is -0.496 e. The first kappa shape index (κ1) is 23.6. The number of likely N-dealkylation sites (tertiary alicyclic amines) is 1. The number of hydrogen-bond donors (Lipinski definition) is 2. The molecule has 0 radical (unpaired) electrons. The Balaban J connectivity index is 1.41. The van der Waals surface area contributed by atoms with Crippen molar-refractivity contribution in [2.24, 2.45) is 5.92 Å². The third kappa shape index (κ3) is 3.83. The van der Waals surface area contributed by atoms with Crippen LogP contribution in [0.2, 0.25) is 0 Å². The number of hydrogen-bond acceptors (Lipinski definition) is 8. The number of nitrogens with one attached hydrogen (secondary N) is 1. The van der Waals surface area contributed by atoms with E-state index in [2.05, 4.69) is 26.8 Å². The highest BCUT2D eigenvalue weighted by Crippen LogP contribution is 2.46. The Hall–Kier alpha value is -4.80. The molecule has 3 aromatic heterocycles. The second-order valence-electron chi connectivity index (χ2n) is 9.50. The Kier molecular flexibility index (Phi) is 5.74. The number of carbonyl (C=O) groups is 2. The maximum Gasteiger partial charge on any atom is 0.256 e. The normalized spacial score (nSPS) is 20.0. The molecule has 3 atom stereocenters. The van der Waals surface area contributed by atoms with Crippen molar-refractivity contribution in [3.05, 3.63) is 67.1 Å². The summed E-state index contributed by atoms with van der Waals surface area (Å²) in [7, 11) is 1.53. The van der Waals surface area contributed by atoms with E-state index in [1.807, 2.05) is 9.58 Å². The fourth-order valence-corrected chi connectivity index (χ4v) is 5.69. The predicted molar refractivity (Wildman–Crippen MR) is 141 cm³/mol. The second kappa shape index (κ2) is 9.25. The van der Waals surface area contributed by atoms with Crippen molar-refractivity contribution < 1.29 is 14.3 Å². The summed E-state index contributed by atoms with van der Waals surface area (Å²) in [5, 5.41) is 8.35. The number of nitrogen functional groups attached to an aromatic ring is 1. The molecule has 2 aliphatic rings. The van der Waals surface area contributed by atoms with Crippen LogP contribution in [0.5, 0.6) is 5.75 Å². The molecule has 1 saturated heterocycles. The van der Waals surface area contributed by atoms with Gasteiger partial charge in [0.1, 0.15) is 29.4 Å². The lowest BCUT2D eigenvalue weighted by molar-refractivity contribution is -0.128. The van der Waals surface area contributed by atoms with Crippen LogP contribution in [0, 0.1) is 5.92 Å². The smallest absolute Gasteiger partial charge is 0.256 e. The Morgan fingerprint density at radius 3 is 2.74 bits per heavy atom. The summed E-state index contributed by atoms with van der Waals surface area (Å²) in [5.74, 6) is 1.18. The van der Waals surface area contributed by atoms with Crippen LogP contribution < -0.4 is 15.8 Å². The van der Waals surface area contributed by atoms with Gasteiger partial charge >= 0.3 is 0 Å². The molecule has 2 fully saturated rings. The molecule has 1 aromatic carbocycles. The van der Waals surface area contributed by atoms with Crippen molar-refractivity contribution in [3.8, 4) is 17.0 Å². The van der Waals surface area contributed by atoms with Crippen LogP contribution >= 0.6 is 0 Å². The van der Waals surface area contributed by atoms with Crippen molar-refractivity contribution in [2.75, 3.05) is 24.7 Å². The molecule has 38 heavy (non-hydrogen) atoms. The summed E-state index contributed by atoms with van der Waals surface area (Å²) in [4.78, 5) is 40.1. The number of amides is 2. The minimum absolute atomic E-state index is 0.00259. The lowest BCUT2D eigenvalue weighted by atomic mass is 10.0. The Labute approximate surface area is 218 Å². The van der Waals surface area contributed by atoms with Gasteiger partial charge in [0.25, 0.3) is 5.91 Å². The Morgan fingerprint density at radius 2 is 2.00 bits per heavy atom. The van der Waals surface area contributed by atoms with Crippen LogP contribution in [-0.2, 0) is 4.79 Å². The predicted octanol–water partition coefficient (Wildman–Crippen LogP) is 3.08. The zero-order valence-electron chi connectivity index (χ0n) is 20.7.